The predicted octanol–water partition coefficient (Wildman–Crippen LogP) is -0.230. The Labute approximate surface area is 106 Å². The number of nitrogens with one attached hydrogen (secondary N) is 2. The number of hydrogen-bond acceptors (Lipinski definition) is 3. The fraction of sp³-hybridized carbons (Fsp3) is 0.727. The van der Waals surface area contributed by atoms with Crippen LogP contribution in [0.1, 0.15) is 26.7 Å². The first kappa shape index (κ1) is 14.3. The second-order valence-electron chi connectivity index (χ2n) is 4.83. The van der Waals surface area contributed by atoms with Crippen molar-refractivity contribution in [2.45, 2.75) is 38.3 Å². The van der Waals surface area contributed by atoms with Crippen LogP contribution in [0.15, 0.2) is 0 Å². The normalized spacial score (nSPS) is 19.5. The smallest absolute Gasteiger partial charge is 0.328 e. The zero-order valence-corrected chi connectivity index (χ0v) is 10.8. The molecule has 0 aromatic carbocycles. The summed E-state index contributed by atoms with van der Waals surface area (Å²) in [7, 11) is 1.51. The second kappa shape index (κ2) is 5.24. The van der Waals surface area contributed by atoms with Crippen LogP contribution in [0.2, 0.25) is 0 Å². The number of rotatable bonds is 3. The third kappa shape index (κ3) is 2.91. The average Bonchev–Trinajstić information content (AvgIpc) is 2.76. The summed E-state index contributed by atoms with van der Waals surface area (Å²) in [5, 5.41) is 13.9. The lowest BCUT2D eigenvalue weighted by Crippen LogP contribution is -2.56. The third-order valence-corrected chi connectivity index (χ3v) is 3.02. The molecule has 1 aliphatic rings. The van der Waals surface area contributed by atoms with Crippen LogP contribution in [0.3, 0.4) is 0 Å². The zero-order valence-electron chi connectivity index (χ0n) is 10.8. The minimum absolute atomic E-state index is 0.226. The highest BCUT2D eigenvalue weighted by Crippen LogP contribution is 2.18. The topological polar surface area (TPSA) is 98.7 Å². The van der Waals surface area contributed by atoms with E-state index in [9.17, 15) is 14.4 Å². The molecule has 1 atom stereocenters. The van der Waals surface area contributed by atoms with Crippen LogP contribution in [-0.4, -0.2) is 53.1 Å². The lowest BCUT2D eigenvalue weighted by molar-refractivity contribution is -0.143. The van der Waals surface area contributed by atoms with Gasteiger partial charge >= 0.3 is 12.0 Å². The maximum Gasteiger partial charge on any atom is 0.328 e. The minimum Gasteiger partial charge on any atom is -0.480 e. The number of nitrogens with zero attached hydrogens (tertiary/aromatic N) is 1. The molecule has 3 amide bonds. The Balaban J connectivity index is 2.72. The van der Waals surface area contributed by atoms with E-state index in [4.69, 9.17) is 5.11 Å². The number of hydrogen-bond donors (Lipinski definition) is 3. The van der Waals surface area contributed by atoms with E-state index in [0.717, 1.165) is 6.42 Å². The lowest BCUT2D eigenvalue weighted by atomic mass is 10.1. The van der Waals surface area contributed by atoms with E-state index in [-0.39, 0.29) is 5.91 Å². The van der Waals surface area contributed by atoms with E-state index in [2.05, 4.69) is 10.6 Å². The summed E-state index contributed by atoms with van der Waals surface area (Å²) in [5.74, 6) is -1.35. The van der Waals surface area contributed by atoms with Gasteiger partial charge in [0.05, 0.1) is 0 Å². The maximum atomic E-state index is 12.0. The Kier molecular flexibility index (Phi) is 4.15. The number of carbonyl (C=O) groups excluding carboxylic acids is 2. The van der Waals surface area contributed by atoms with Crippen molar-refractivity contribution in [2.24, 2.45) is 0 Å². The zero-order chi connectivity index (χ0) is 13.9. The molecule has 1 heterocycles. The van der Waals surface area contributed by atoms with Crippen molar-refractivity contribution < 1.29 is 19.5 Å². The van der Waals surface area contributed by atoms with Gasteiger partial charge in [-0.3, -0.25) is 4.79 Å². The van der Waals surface area contributed by atoms with Crippen LogP contribution in [-0.2, 0) is 9.59 Å². The molecular weight excluding hydrogens is 238 g/mol. The average molecular weight is 257 g/mol. The highest BCUT2D eigenvalue weighted by atomic mass is 16.4. The minimum atomic E-state index is -1.35. The molecule has 102 valence electrons. The van der Waals surface area contributed by atoms with Gasteiger partial charge in [-0.05, 0) is 26.7 Å². The molecule has 3 N–H and O–H groups in total. The molecule has 7 nitrogen and oxygen atoms in total. The summed E-state index contributed by atoms with van der Waals surface area (Å²) < 4.78 is 0. The lowest BCUT2D eigenvalue weighted by Gasteiger charge is -2.28. The molecule has 0 radical (unpaired) electrons. The maximum absolute atomic E-state index is 12.0. The molecule has 0 spiro atoms. The van der Waals surface area contributed by atoms with Crippen molar-refractivity contribution in [3.05, 3.63) is 0 Å². The summed E-state index contributed by atoms with van der Waals surface area (Å²) in [6.45, 7) is 3.26. The predicted molar refractivity (Wildman–Crippen MR) is 64.0 cm³/mol. The summed E-state index contributed by atoms with van der Waals surface area (Å²) in [6.07, 6.45) is 1.33. The molecular formula is C11H19N3O4. The van der Waals surface area contributed by atoms with E-state index >= 15 is 0 Å². The number of carboxylic acids is 1. The largest absolute Gasteiger partial charge is 0.480 e. The highest BCUT2D eigenvalue weighted by Gasteiger charge is 2.37. The molecule has 1 rings (SSSR count). The Morgan fingerprint density at radius 2 is 1.94 bits per heavy atom. The monoisotopic (exact) mass is 257 g/mol. The van der Waals surface area contributed by atoms with Crippen molar-refractivity contribution >= 4 is 17.9 Å². The van der Waals surface area contributed by atoms with E-state index in [1.54, 1.807) is 0 Å². The Morgan fingerprint density at radius 1 is 1.33 bits per heavy atom. The van der Waals surface area contributed by atoms with Gasteiger partial charge < -0.3 is 20.6 Å². The molecule has 1 fully saturated rings. The van der Waals surface area contributed by atoms with Gasteiger partial charge in [-0.2, -0.15) is 0 Å². The van der Waals surface area contributed by atoms with E-state index < -0.39 is 23.6 Å². The van der Waals surface area contributed by atoms with E-state index in [0.29, 0.717) is 13.0 Å². The summed E-state index contributed by atoms with van der Waals surface area (Å²) in [4.78, 5) is 35.9. The van der Waals surface area contributed by atoms with Crippen LogP contribution >= 0.6 is 0 Å². The molecule has 7 heteroatoms. The van der Waals surface area contributed by atoms with Gasteiger partial charge in [0.1, 0.15) is 11.6 Å². The van der Waals surface area contributed by atoms with Gasteiger partial charge in [-0.25, -0.2) is 9.59 Å². The van der Waals surface area contributed by atoms with Crippen molar-refractivity contribution in [3.63, 3.8) is 0 Å². The number of amides is 3. The highest BCUT2D eigenvalue weighted by molar-refractivity contribution is 5.90. The van der Waals surface area contributed by atoms with Gasteiger partial charge in [0.15, 0.2) is 0 Å². The Hall–Kier alpha value is -1.79. The van der Waals surface area contributed by atoms with Crippen molar-refractivity contribution in [1.29, 1.82) is 0 Å². The van der Waals surface area contributed by atoms with Crippen molar-refractivity contribution in [3.8, 4) is 0 Å². The molecule has 1 unspecified atom stereocenters. The van der Waals surface area contributed by atoms with Gasteiger partial charge in [0.2, 0.25) is 5.91 Å². The quantitative estimate of drug-likeness (QED) is 0.650. The van der Waals surface area contributed by atoms with Crippen LogP contribution < -0.4 is 10.6 Å². The molecule has 0 aromatic heterocycles. The van der Waals surface area contributed by atoms with Crippen LogP contribution in [0, 0.1) is 0 Å². The Bertz CT molecular complexity index is 367. The fourth-order valence-corrected chi connectivity index (χ4v) is 1.84. The molecule has 18 heavy (non-hydrogen) atoms. The van der Waals surface area contributed by atoms with Gasteiger partial charge in [0.25, 0.3) is 0 Å². The van der Waals surface area contributed by atoms with Crippen LogP contribution in [0.25, 0.3) is 0 Å². The molecule has 1 aliphatic heterocycles. The van der Waals surface area contributed by atoms with E-state index in [1.165, 1.54) is 25.8 Å². The first-order chi connectivity index (χ1) is 8.29. The second-order valence-corrected chi connectivity index (χ2v) is 4.83. The number of likely N-dealkylation sites (tertiary alicyclic amines) is 1. The van der Waals surface area contributed by atoms with Crippen molar-refractivity contribution in [2.75, 3.05) is 13.6 Å². The molecule has 0 bridgehead atoms. The number of carboxylic acid groups (broad SMARTS) is 1. The molecule has 0 saturated carbocycles. The number of likely N-dealkylation sites (N-methyl/N-ethyl adjacent to an activating group) is 1. The first-order valence-electron chi connectivity index (χ1n) is 5.83. The summed E-state index contributed by atoms with van der Waals surface area (Å²) in [6, 6.07) is -1.03. The first-order valence-corrected chi connectivity index (χ1v) is 5.83. The standard InChI is InChI=1S/C11H19N3O4/c1-11(2,9(16)17)13-10(18)14-6-4-5-7(14)8(15)12-3/h7H,4-6H2,1-3H3,(H,12,15)(H,13,18)(H,16,17). The van der Waals surface area contributed by atoms with Gasteiger partial charge in [-0.15, -0.1) is 0 Å². The third-order valence-electron chi connectivity index (χ3n) is 3.02. The van der Waals surface area contributed by atoms with E-state index in [1.807, 2.05) is 0 Å². The molecule has 1 saturated heterocycles. The van der Waals surface area contributed by atoms with Gasteiger partial charge in [0, 0.05) is 13.6 Å². The number of urea groups is 1. The Morgan fingerprint density at radius 3 is 2.44 bits per heavy atom. The SMILES string of the molecule is CNC(=O)C1CCCN1C(=O)NC(C)(C)C(=O)O. The fourth-order valence-electron chi connectivity index (χ4n) is 1.84. The number of carbonyl (C=O) groups is 3. The molecule has 0 aromatic rings. The summed E-state index contributed by atoms with van der Waals surface area (Å²) >= 11 is 0. The van der Waals surface area contributed by atoms with Crippen molar-refractivity contribution in [1.82, 2.24) is 15.5 Å². The molecule has 0 aliphatic carbocycles. The van der Waals surface area contributed by atoms with Gasteiger partial charge in [-0.1, -0.05) is 0 Å². The van der Waals surface area contributed by atoms with Crippen LogP contribution in [0.4, 0.5) is 4.79 Å². The number of aliphatic carboxylic acids is 1. The van der Waals surface area contributed by atoms with Crippen LogP contribution in [0.5, 0.6) is 0 Å². The summed E-state index contributed by atoms with van der Waals surface area (Å²) in [5.41, 5.74) is -1.35.